The van der Waals surface area contributed by atoms with Crippen molar-refractivity contribution in [3.05, 3.63) is 54.3 Å². The molecule has 1 N–H and O–H groups in total. The quantitative estimate of drug-likeness (QED) is 0.732. The normalized spacial score (nSPS) is 15.4. The number of hydrogen-bond donors (Lipinski definition) is 1. The maximum Gasteiger partial charge on any atom is 0.243 e. The molecule has 1 amide bonds. The van der Waals surface area contributed by atoms with Gasteiger partial charge >= 0.3 is 0 Å². The Balaban J connectivity index is 1.29. The predicted molar refractivity (Wildman–Crippen MR) is 92.6 cm³/mol. The second-order valence-corrected chi connectivity index (χ2v) is 5.95. The van der Waals surface area contributed by atoms with Crippen LogP contribution in [0.25, 0.3) is 11.4 Å². The molecule has 0 saturated heterocycles. The van der Waals surface area contributed by atoms with E-state index in [0.29, 0.717) is 36.0 Å². The van der Waals surface area contributed by atoms with Crippen LogP contribution in [-0.2, 0) is 11.3 Å². The third-order valence-electron chi connectivity index (χ3n) is 3.93. The Morgan fingerprint density at radius 1 is 1.19 bits per heavy atom. The van der Waals surface area contributed by atoms with Crippen LogP contribution in [0, 0.1) is 5.82 Å². The van der Waals surface area contributed by atoms with E-state index in [2.05, 4.69) is 20.7 Å². The van der Waals surface area contributed by atoms with E-state index in [1.165, 1.54) is 16.9 Å². The standard InChI is InChI=1S/C18H16FN5O3/c19-13-7-5-12(6-8-13)18-21-23-24(22-18)10-17(25)20-9-14-11-26-15-3-1-2-4-16(15)27-14/h1-8,14H,9-11H2,(H,20,25)/t14-/m0/s1. The fourth-order valence-corrected chi connectivity index (χ4v) is 2.60. The third kappa shape index (κ3) is 4.02. The number of nitrogens with zero attached hydrogens (tertiary/aromatic N) is 4. The lowest BCUT2D eigenvalue weighted by Gasteiger charge is -2.26. The zero-order valence-corrected chi connectivity index (χ0v) is 14.2. The van der Waals surface area contributed by atoms with Gasteiger partial charge in [-0.3, -0.25) is 4.79 Å². The summed E-state index contributed by atoms with van der Waals surface area (Å²) in [7, 11) is 0. The van der Waals surface area contributed by atoms with E-state index in [-0.39, 0.29) is 24.4 Å². The fraction of sp³-hybridized carbons (Fsp3) is 0.222. The van der Waals surface area contributed by atoms with Crippen molar-refractivity contribution in [1.29, 1.82) is 0 Å². The van der Waals surface area contributed by atoms with Gasteiger partial charge in [-0.2, -0.15) is 4.80 Å². The summed E-state index contributed by atoms with van der Waals surface area (Å²) in [5, 5.41) is 14.6. The molecule has 27 heavy (non-hydrogen) atoms. The summed E-state index contributed by atoms with van der Waals surface area (Å²) in [6.07, 6.45) is -0.276. The van der Waals surface area contributed by atoms with Gasteiger partial charge in [0, 0.05) is 5.56 Å². The summed E-state index contributed by atoms with van der Waals surface area (Å²) in [6, 6.07) is 13.1. The summed E-state index contributed by atoms with van der Waals surface area (Å²) in [5.74, 6) is 1.05. The number of halogens is 1. The topological polar surface area (TPSA) is 91.2 Å². The van der Waals surface area contributed by atoms with Gasteiger partial charge < -0.3 is 14.8 Å². The molecule has 8 nitrogen and oxygen atoms in total. The summed E-state index contributed by atoms with van der Waals surface area (Å²) in [5.41, 5.74) is 0.620. The molecule has 3 aromatic rings. The summed E-state index contributed by atoms with van der Waals surface area (Å²) in [4.78, 5) is 13.3. The van der Waals surface area contributed by atoms with Crippen LogP contribution in [0.1, 0.15) is 0 Å². The van der Waals surface area contributed by atoms with E-state index in [4.69, 9.17) is 9.47 Å². The van der Waals surface area contributed by atoms with Crippen molar-refractivity contribution in [1.82, 2.24) is 25.5 Å². The number of ether oxygens (including phenoxy) is 2. The van der Waals surface area contributed by atoms with Crippen molar-refractivity contribution in [3.63, 3.8) is 0 Å². The van der Waals surface area contributed by atoms with Gasteiger partial charge in [0.05, 0.1) is 6.54 Å². The van der Waals surface area contributed by atoms with Crippen LogP contribution >= 0.6 is 0 Å². The Hall–Kier alpha value is -3.49. The first-order chi connectivity index (χ1) is 13.2. The second-order valence-electron chi connectivity index (χ2n) is 5.95. The monoisotopic (exact) mass is 369 g/mol. The minimum atomic E-state index is -0.345. The highest BCUT2D eigenvalue weighted by molar-refractivity contribution is 5.75. The molecule has 2 heterocycles. The van der Waals surface area contributed by atoms with Crippen LogP contribution in [0.2, 0.25) is 0 Å². The SMILES string of the molecule is O=C(Cn1nnc(-c2ccc(F)cc2)n1)NC[C@H]1COc2ccccc2O1. The number of para-hydroxylation sites is 2. The summed E-state index contributed by atoms with van der Waals surface area (Å²) in [6.45, 7) is 0.568. The van der Waals surface area contributed by atoms with Crippen LogP contribution in [0.3, 0.4) is 0 Å². The average molecular weight is 369 g/mol. The highest BCUT2D eigenvalue weighted by atomic mass is 19.1. The molecule has 0 fully saturated rings. The molecule has 4 rings (SSSR count). The number of carbonyl (C=O) groups is 1. The minimum Gasteiger partial charge on any atom is -0.486 e. The molecule has 0 radical (unpaired) electrons. The van der Waals surface area contributed by atoms with Crippen molar-refractivity contribution in [2.45, 2.75) is 12.6 Å². The van der Waals surface area contributed by atoms with E-state index in [9.17, 15) is 9.18 Å². The van der Waals surface area contributed by atoms with Gasteiger partial charge in [0.15, 0.2) is 11.5 Å². The Kier molecular flexibility index (Phi) is 4.65. The van der Waals surface area contributed by atoms with Gasteiger partial charge in [-0.05, 0) is 41.6 Å². The Morgan fingerprint density at radius 2 is 1.96 bits per heavy atom. The van der Waals surface area contributed by atoms with Crippen LogP contribution in [0.4, 0.5) is 4.39 Å². The molecule has 1 aromatic heterocycles. The molecule has 1 atom stereocenters. The van der Waals surface area contributed by atoms with E-state index >= 15 is 0 Å². The largest absolute Gasteiger partial charge is 0.486 e. The third-order valence-corrected chi connectivity index (χ3v) is 3.93. The van der Waals surface area contributed by atoms with Gasteiger partial charge in [-0.1, -0.05) is 12.1 Å². The van der Waals surface area contributed by atoms with E-state index in [1.807, 2.05) is 24.3 Å². The van der Waals surface area contributed by atoms with Crippen LogP contribution in [0.15, 0.2) is 48.5 Å². The molecule has 138 valence electrons. The van der Waals surface area contributed by atoms with Crippen molar-refractivity contribution in [3.8, 4) is 22.9 Å². The van der Waals surface area contributed by atoms with E-state index < -0.39 is 0 Å². The number of tetrazole rings is 1. The summed E-state index contributed by atoms with van der Waals surface area (Å²) >= 11 is 0. The Bertz CT molecular complexity index is 944. The zero-order valence-electron chi connectivity index (χ0n) is 14.2. The molecule has 0 bridgehead atoms. The molecular weight excluding hydrogens is 353 g/mol. The highest BCUT2D eigenvalue weighted by Gasteiger charge is 2.21. The van der Waals surface area contributed by atoms with Crippen LogP contribution in [-0.4, -0.2) is 45.4 Å². The van der Waals surface area contributed by atoms with Crippen LogP contribution in [0.5, 0.6) is 11.5 Å². The highest BCUT2D eigenvalue weighted by Crippen LogP contribution is 2.30. The Morgan fingerprint density at radius 3 is 2.78 bits per heavy atom. The first-order valence-corrected chi connectivity index (χ1v) is 8.36. The lowest BCUT2D eigenvalue weighted by molar-refractivity contribution is -0.122. The molecular formula is C18H16FN5O3. The smallest absolute Gasteiger partial charge is 0.243 e. The number of fused-ring (bicyclic) bond motifs is 1. The molecule has 0 saturated carbocycles. The Labute approximate surface area is 153 Å². The predicted octanol–water partition coefficient (Wildman–Crippen LogP) is 1.44. The number of amides is 1. The minimum absolute atomic E-state index is 0.0850. The van der Waals surface area contributed by atoms with Crippen molar-refractivity contribution >= 4 is 5.91 Å². The van der Waals surface area contributed by atoms with Crippen molar-refractivity contribution in [2.75, 3.05) is 13.2 Å². The number of rotatable bonds is 5. The maximum atomic E-state index is 13.0. The fourth-order valence-electron chi connectivity index (χ4n) is 2.60. The van der Waals surface area contributed by atoms with Gasteiger partial charge in [-0.25, -0.2) is 4.39 Å². The van der Waals surface area contributed by atoms with E-state index in [0.717, 1.165) is 0 Å². The number of carbonyl (C=O) groups excluding carboxylic acids is 1. The number of nitrogens with one attached hydrogen (secondary N) is 1. The van der Waals surface area contributed by atoms with E-state index in [1.54, 1.807) is 12.1 Å². The lowest BCUT2D eigenvalue weighted by Crippen LogP contribution is -2.41. The maximum absolute atomic E-state index is 13.0. The molecule has 1 aliphatic rings. The molecule has 0 unspecified atom stereocenters. The van der Waals surface area contributed by atoms with Gasteiger partial charge in [0.25, 0.3) is 0 Å². The first-order valence-electron chi connectivity index (χ1n) is 8.36. The molecule has 9 heteroatoms. The summed E-state index contributed by atoms with van der Waals surface area (Å²) < 4.78 is 24.4. The van der Waals surface area contributed by atoms with Gasteiger partial charge in [0.1, 0.15) is 25.1 Å². The molecule has 0 aliphatic carbocycles. The van der Waals surface area contributed by atoms with Crippen molar-refractivity contribution < 1.29 is 18.7 Å². The lowest BCUT2D eigenvalue weighted by atomic mass is 10.2. The zero-order chi connectivity index (χ0) is 18.6. The van der Waals surface area contributed by atoms with Gasteiger partial charge in [0.2, 0.25) is 11.7 Å². The van der Waals surface area contributed by atoms with Crippen molar-refractivity contribution in [2.24, 2.45) is 0 Å². The number of hydrogen-bond acceptors (Lipinski definition) is 6. The van der Waals surface area contributed by atoms with Crippen LogP contribution < -0.4 is 14.8 Å². The molecule has 0 spiro atoms. The number of aromatic nitrogens is 4. The first kappa shape index (κ1) is 17.0. The average Bonchev–Trinajstić information content (AvgIpc) is 3.15. The second kappa shape index (κ2) is 7.40. The molecule has 1 aliphatic heterocycles. The molecule has 2 aromatic carbocycles. The number of benzene rings is 2. The van der Waals surface area contributed by atoms with Gasteiger partial charge in [-0.15, -0.1) is 10.2 Å².